The van der Waals surface area contributed by atoms with Gasteiger partial charge in [-0.2, -0.15) is 5.10 Å². The highest BCUT2D eigenvalue weighted by atomic mass is 32.1. The average molecular weight is 420 g/mol. The number of hydrazone groups is 1. The van der Waals surface area contributed by atoms with Crippen molar-refractivity contribution in [1.29, 1.82) is 0 Å². The van der Waals surface area contributed by atoms with Crippen LogP contribution in [0.1, 0.15) is 11.1 Å². The number of hydrogen-bond donors (Lipinski definition) is 2. The Labute approximate surface area is 177 Å². The summed E-state index contributed by atoms with van der Waals surface area (Å²) in [4.78, 5) is 9.92. The van der Waals surface area contributed by atoms with Crippen LogP contribution in [0.3, 0.4) is 0 Å². The van der Waals surface area contributed by atoms with Crippen LogP contribution in [-0.4, -0.2) is 35.5 Å². The number of phenolic OH excluding ortho intramolecular Hbond substituents is 1. The molecule has 0 spiro atoms. The lowest BCUT2D eigenvalue weighted by atomic mass is 10.1. The minimum atomic E-state index is 0.0592. The summed E-state index contributed by atoms with van der Waals surface area (Å²) in [6, 6.07) is 13.0. The van der Waals surface area contributed by atoms with E-state index in [2.05, 4.69) is 27.4 Å². The second kappa shape index (κ2) is 8.38. The lowest BCUT2D eigenvalue weighted by Gasteiger charge is -2.03. The molecule has 0 aliphatic rings. The Hall–Kier alpha value is -3.65. The number of nitrogens with one attached hydrogen (secondary N) is 1. The zero-order valence-corrected chi connectivity index (χ0v) is 17.5. The van der Waals surface area contributed by atoms with E-state index in [-0.39, 0.29) is 5.75 Å². The van der Waals surface area contributed by atoms with Gasteiger partial charge in [-0.25, -0.2) is 9.97 Å². The molecule has 0 saturated carbocycles. The van der Waals surface area contributed by atoms with Crippen molar-refractivity contribution in [3.8, 4) is 27.7 Å². The first-order chi connectivity index (χ1) is 14.6. The van der Waals surface area contributed by atoms with Crippen molar-refractivity contribution in [3.05, 3.63) is 59.9 Å². The number of thiophene rings is 1. The number of hydrogen-bond acceptors (Lipinski definition) is 8. The summed E-state index contributed by atoms with van der Waals surface area (Å²) in [6.45, 7) is 2.05. The van der Waals surface area contributed by atoms with E-state index in [1.54, 1.807) is 42.9 Å². The first kappa shape index (κ1) is 19.7. The van der Waals surface area contributed by atoms with Crippen LogP contribution in [0.25, 0.3) is 20.7 Å². The molecule has 0 radical (unpaired) electrons. The van der Waals surface area contributed by atoms with Crippen molar-refractivity contribution in [2.45, 2.75) is 6.92 Å². The number of phenols is 1. The number of rotatable bonds is 6. The number of nitrogens with zero attached hydrogens (tertiary/aromatic N) is 3. The Balaban J connectivity index is 1.62. The van der Waals surface area contributed by atoms with Crippen LogP contribution >= 0.6 is 11.3 Å². The van der Waals surface area contributed by atoms with Gasteiger partial charge in [-0.3, -0.25) is 5.43 Å². The Morgan fingerprint density at radius 1 is 1.07 bits per heavy atom. The van der Waals surface area contributed by atoms with Gasteiger partial charge in [0.2, 0.25) is 0 Å². The molecular weight excluding hydrogens is 400 g/mol. The van der Waals surface area contributed by atoms with E-state index < -0.39 is 0 Å². The number of aryl methyl sites for hydroxylation is 1. The van der Waals surface area contributed by atoms with Crippen molar-refractivity contribution in [3.63, 3.8) is 0 Å². The SMILES string of the molecule is COc1ccc(-c2sc3c(N/N=C/c4ccc(OC)c(O)c4)ncnc3c2C)cc1. The van der Waals surface area contributed by atoms with Crippen molar-refractivity contribution in [1.82, 2.24) is 9.97 Å². The molecule has 0 aliphatic carbocycles. The predicted molar refractivity (Wildman–Crippen MR) is 120 cm³/mol. The minimum absolute atomic E-state index is 0.0592. The third kappa shape index (κ3) is 3.77. The van der Waals surface area contributed by atoms with Gasteiger partial charge in [0.15, 0.2) is 17.3 Å². The molecule has 2 N–H and O–H groups in total. The Morgan fingerprint density at radius 2 is 1.87 bits per heavy atom. The van der Waals surface area contributed by atoms with Gasteiger partial charge in [-0.05, 0) is 66.1 Å². The number of fused-ring (bicyclic) bond motifs is 1. The fourth-order valence-electron chi connectivity index (χ4n) is 3.08. The molecule has 0 aliphatic heterocycles. The van der Waals surface area contributed by atoms with Crippen molar-refractivity contribution in [2.75, 3.05) is 19.6 Å². The standard InChI is InChI=1S/C22H20N4O3S/c1-13-19-21(30-20(13)15-5-7-16(28-2)8-6-15)22(24-12-23-19)26-25-11-14-4-9-18(29-3)17(27)10-14/h4-12,27H,1-3H3,(H,23,24,26)/b25-11+. The lowest BCUT2D eigenvalue weighted by molar-refractivity contribution is 0.373. The molecular formula is C22H20N4O3S. The number of anilines is 1. The lowest BCUT2D eigenvalue weighted by Crippen LogP contribution is -1.95. The summed E-state index contributed by atoms with van der Waals surface area (Å²) in [6.07, 6.45) is 3.13. The maximum absolute atomic E-state index is 9.89. The van der Waals surface area contributed by atoms with E-state index in [4.69, 9.17) is 9.47 Å². The van der Waals surface area contributed by atoms with Crippen molar-refractivity contribution >= 4 is 33.6 Å². The highest BCUT2D eigenvalue weighted by Crippen LogP contribution is 2.40. The van der Waals surface area contributed by atoms with Crippen LogP contribution in [-0.2, 0) is 0 Å². The van der Waals surface area contributed by atoms with Gasteiger partial charge in [-0.15, -0.1) is 11.3 Å². The van der Waals surface area contributed by atoms with Crippen LogP contribution in [0.15, 0.2) is 53.9 Å². The number of ether oxygens (including phenoxy) is 2. The van der Waals surface area contributed by atoms with Crippen LogP contribution in [0.5, 0.6) is 17.2 Å². The molecule has 0 atom stereocenters. The molecule has 0 fully saturated rings. The summed E-state index contributed by atoms with van der Waals surface area (Å²) in [5.41, 5.74) is 6.80. The smallest absolute Gasteiger partial charge is 0.167 e. The van der Waals surface area contributed by atoms with Gasteiger partial charge < -0.3 is 14.6 Å². The summed E-state index contributed by atoms with van der Waals surface area (Å²) < 4.78 is 11.2. The number of aromatic hydroxyl groups is 1. The molecule has 0 amide bonds. The Bertz CT molecular complexity index is 1220. The molecule has 4 aromatic rings. The van der Waals surface area contributed by atoms with Gasteiger partial charge in [0, 0.05) is 4.88 Å². The number of aromatic nitrogens is 2. The summed E-state index contributed by atoms with van der Waals surface area (Å²) in [5.74, 6) is 1.92. The molecule has 7 nitrogen and oxygen atoms in total. The molecule has 2 heterocycles. The molecule has 2 aromatic heterocycles. The molecule has 30 heavy (non-hydrogen) atoms. The van der Waals surface area contributed by atoms with E-state index in [1.807, 2.05) is 24.3 Å². The molecule has 0 unspecified atom stereocenters. The fraction of sp³-hybridized carbons (Fsp3) is 0.136. The molecule has 152 valence electrons. The van der Waals surface area contributed by atoms with E-state index in [0.29, 0.717) is 11.6 Å². The zero-order valence-electron chi connectivity index (χ0n) is 16.7. The van der Waals surface area contributed by atoms with Crippen molar-refractivity contribution in [2.24, 2.45) is 5.10 Å². The van der Waals surface area contributed by atoms with E-state index >= 15 is 0 Å². The maximum atomic E-state index is 9.89. The Morgan fingerprint density at radius 3 is 2.57 bits per heavy atom. The second-order valence-corrected chi connectivity index (χ2v) is 7.51. The quantitative estimate of drug-likeness (QED) is 0.343. The van der Waals surface area contributed by atoms with E-state index in [1.165, 1.54) is 13.4 Å². The molecule has 2 aromatic carbocycles. The monoisotopic (exact) mass is 420 g/mol. The highest BCUT2D eigenvalue weighted by Gasteiger charge is 2.15. The average Bonchev–Trinajstić information content (AvgIpc) is 3.11. The zero-order chi connectivity index (χ0) is 21.1. The van der Waals surface area contributed by atoms with Crippen molar-refractivity contribution < 1.29 is 14.6 Å². The van der Waals surface area contributed by atoms with E-state index in [9.17, 15) is 5.11 Å². The van der Waals surface area contributed by atoms with E-state index in [0.717, 1.165) is 37.5 Å². The topological polar surface area (TPSA) is 88.9 Å². The van der Waals surface area contributed by atoms with Crippen LogP contribution < -0.4 is 14.9 Å². The van der Waals surface area contributed by atoms with Gasteiger partial charge in [0.05, 0.1) is 30.7 Å². The third-order valence-electron chi connectivity index (χ3n) is 4.64. The normalized spacial score (nSPS) is 11.2. The highest BCUT2D eigenvalue weighted by molar-refractivity contribution is 7.23. The third-order valence-corrected chi connectivity index (χ3v) is 5.98. The van der Waals surface area contributed by atoms with Crippen LogP contribution in [0.2, 0.25) is 0 Å². The summed E-state index contributed by atoms with van der Waals surface area (Å²) in [5, 5.41) is 14.2. The first-order valence-electron chi connectivity index (χ1n) is 9.15. The largest absolute Gasteiger partial charge is 0.504 e. The number of benzene rings is 2. The molecule has 0 bridgehead atoms. The molecule has 8 heteroatoms. The van der Waals surface area contributed by atoms with Crippen LogP contribution in [0, 0.1) is 6.92 Å². The van der Waals surface area contributed by atoms with Gasteiger partial charge in [0.25, 0.3) is 0 Å². The maximum Gasteiger partial charge on any atom is 0.167 e. The number of methoxy groups -OCH3 is 2. The van der Waals surface area contributed by atoms with Gasteiger partial charge in [-0.1, -0.05) is 0 Å². The first-order valence-corrected chi connectivity index (χ1v) is 9.97. The summed E-state index contributed by atoms with van der Waals surface area (Å²) in [7, 11) is 3.16. The van der Waals surface area contributed by atoms with Gasteiger partial charge >= 0.3 is 0 Å². The fourth-order valence-corrected chi connectivity index (χ4v) is 4.28. The Kier molecular flexibility index (Phi) is 5.49. The second-order valence-electron chi connectivity index (χ2n) is 6.49. The van der Waals surface area contributed by atoms with Crippen LogP contribution in [0.4, 0.5) is 5.82 Å². The molecule has 0 saturated heterocycles. The predicted octanol–water partition coefficient (Wildman–Crippen LogP) is 4.84. The molecule has 4 rings (SSSR count). The van der Waals surface area contributed by atoms with Gasteiger partial charge in [0.1, 0.15) is 12.1 Å². The minimum Gasteiger partial charge on any atom is -0.504 e. The summed E-state index contributed by atoms with van der Waals surface area (Å²) >= 11 is 1.61.